The van der Waals surface area contributed by atoms with Crippen molar-refractivity contribution in [1.82, 2.24) is 4.98 Å². The molecule has 1 aliphatic heterocycles. The first-order valence-corrected chi connectivity index (χ1v) is 4.53. The lowest BCUT2D eigenvalue weighted by atomic mass is 9.80. The van der Waals surface area contributed by atoms with Gasteiger partial charge in [0.15, 0.2) is 0 Å². The van der Waals surface area contributed by atoms with E-state index in [-0.39, 0.29) is 7.12 Å². The molecule has 0 saturated carbocycles. The van der Waals surface area contributed by atoms with Crippen molar-refractivity contribution in [2.75, 3.05) is 0 Å². The zero-order valence-electron chi connectivity index (χ0n) is 8.36. The molecule has 0 spiro atoms. The molecule has 1 saturated heterocycles. The van der Waals surface area contributed by atoms with Crippen molar-refractivity contribution in [1.29, 1.82) is 0 Å². The highest BCUT2D eigenvalue weighted by Gasteiger charge is 2.42. The van der Waals surface area contributed by atoms with E-state index in [0.29, 0.717) is 5.76 Å². The molecule has 1 aromatic heterocycles. The zero-order valence-corrected chi connectivity index (χ0v) is 8.36. The van der Waals surface area contributed by atoms with E-state index in [1.165, 1.54) is 0 Å². The maximum atomic E-state index is 5.70. The maximum absolute atomic E-state index is 5.70. The third kappa shape index (κ3) is 1.53. The minimum Gasteiger partial charge on any atom is -0.534 e. The third-order valence-corrected chi connectivity index (χ3v) is 2.30. The van der Waals surface area contributed by atoms with Crippen molar-refractivity contribution in [2.24, 2.45) is 0 Å². The number of pyridine rings is 1. The fourth-order valence-electron chi connectivity index (χ4n) is 1.29. The molecule has 3 nitrogen and oxygen atoms in total. The molecular weight excluding hydrogens is 177 g/mol. The van der Waals surface area contributed by atoms with Crippen molar-refractivity contribution in [3.63, 3.8) is 0 Å². The normalized spacial score (nSPS) is 19.6. The second kappa shape index (κ2) is 3.13. The summed E-state index contributed by atoms with van der Waals surface area (Å²) in [6.07, 6.45) is 3.44. The van der Waals surface area contributed by atoms with Gasteiger partial charge in [-0.1, -0.05) is 6.58 Å². The van der Waals surface area contributed by atoms with Gasteiger partial charge in [-0.3, -0.25) is 4.98 Å². The van der Waals surface area contributed by atoms with Crippen LogP contribution in [0.5, 0.6) is 0 Å². The largest absolute Gasteiger partial charge is 0.563 e. The summed E-state index contributed by atoms with van der Waals surface area (Å²) in [5, 5.41) is 0. The van der Waals surface area contributed by atoms with E-state index in [0.717, 1.165) is 5.46 Å². The zero-order chi connectivity index (χ0) is 10.2. The van der Waals surface area contributed by atoms with E-state index in [1.807, 2.05) is 26.0 Å². The van der Waals surface area contributed by atoms with Gasteiger partial charge in [0.05, 0.1) is 5.76 Å². The van der Waals surface area contributed by atoms with Crippen molar-refractivity contribution in [3.8, 4) is 0 Å². The van der Waals surface area contributed by atoms with Gasteiger partial charge in [0, 0.05) is 12.4 Å². The summed E-state index contributed by atoms with van der Waals surface area (Å²) in [7, 11) is -0.347. The van der Waals surface area contributed by atoms with Crippen LogP contribution in [-0.2, 0) is 9.31 Å². The van der Waals surface area contributed by atoms with E-state index in [2.05, 4.69) is 11.6 Å². The van der Waals surface area contributed by atoms with E-state index in [9.17, 15) is 0 Å². The second-order valence-electron chi connectivity index (χ2n) is 3.78. The van der Waals surface area contributed by atoms with Gasteiger partial charge < -0.3 is 9.31 Å². The number of nitrogens with zero attached hydrogens (tertiary/aromatic N) is 1. The Hall–Kier alpha value is -1.29. The van der Waals surface area contributed by atoms with Gasteiger partial charge in [-0.15, -0.1) is 0 Å². The first kappa shape index (κ1) is 9.28. The minimum absolute atomic E-state index is 0.347. The molecule has 0 aliphatic carbocycles. The molecule has 4 heteroatoms. The lowest BCUT2D eigenvalue weighted by molar-refractivity contribution is 0.173. The van der Waals surface area contributed by atoms with Crippen molar-refractivity contribution < 1.29 is 9.31 Å². The molecule has 0 bridgehead atoms. The van der Waals surface area contributed by atoms with Crippen LogP contribution in [0.3, 0.4) is 0 Å². The summed E-state index contributed by atoms with van der Waals surface area (Å²) in [5.41, 5.74) is 0.556. The number of rotatable bonds is 1. The highest BCUT2D eigenvalue weighted by atomic mass is 16.7. The molecule has 2 rings (SSSR count). The minimum atomic E-state index is -0.409. The number of aromatic nitrogens is 1. The van der Waals surface area contributed by atoms with Crippen LogP contribution >= 0.6 is 0 Å². The molecule has 1 aromatic rings. The molecule has 0 amide bonds. The molecule has 2 heterocycles. The lowest BCUT2D eigenvalue weighted by Gasteiger charge is -2.15. The van der Waals surface area contributed by atoms with Crippen LogP contribution in [0.15, 0.2) is 36.9 Å². The molecule has 14 heavy (non-hydrogen) atoms. The quantitative estimate of drug-likeness (QED) is 0.620. The van der Waals surface area contributed by atoms with Crippen molar-refractivity contribution in [3.05, 3.63) is 36.9 Å². The van der Waals surface area contributed by atoms with E-state index in [1.54, 1.807) is 12.4 Å². The summed E-state index contributed by atoms with van der Waals surface area (Å²) >= 11 is 0. The highest BCUT2D eigenvalue weighted by molar-refractivity contribution is 6.62. The SMILES string of the molecule is C=C1OB(c2ccncc2)OC1(C)C. The summed E-state index contributed by atoms with van der Waals surface area (Å²) in [5.74, 6) is 0.666. The molecule has 1 fully saturated rings. The van der Waals surface area contributed by atoms with Crippen LogP contribution in [0.1, 0.15) is 13.8 Å². The predicted molar refractivity (Wildman–Crippen MR) is 55.0 cm³/mol. The van der Waals surface area contributed by atoms with Crippen molar-refractivity contribution in [2.45, 2.75) is 19.4 Å². The molecule has 0 unspecified atom stereocenters. The van der Waals surface area contributed by atoms with Crippen LogP contribution in [0.25, 0.3) is 0 Å². The predicted octanol–water partition coefficient (Wildman–Crippen LogP) is 1.12. The van der Waals surface area contributed by atoms with Gasteiger partial charge in [-0.05, 0) is 31.4 Å². The Labute approximate surface area is 83.9 Å². The van der Waals surface area contributed by atoms with E-state index >= 15 is 0 Å². The summed E-state index contributed by atoms with van der Waals surface area (Å²) in [4.78, 5) is 3.94. The van der Waals surface area contributed by atoms with Crippen LogP contribution in [0.4, 0.5) is 0 Å². The Kier molecular flexibility index (Phi) is 2.08. The summed E-state index contributed by atoms with van der Waals surface area (Å²) < 4.78 is 11.2. The fraction of sp³-hybridized carbons (Fsp3) is 0.300. The Morgan fingerprint density at radius 3 is 2.50 bits per heavy atom. The van der Waals surface area contributed by atoms with Crippen LogP contribution < -0.4 is 5.46 Å². The van der Waals surface area contributed by atoms with Gasteiger partial charge >= 0.3 is 7.12 Å². The molecule has 0 atom stereocenters. The lowest BCUT2D eigenvalue weighted by Crippen LogP contribution is -2.34. The summed E-state index contributed by atoms with van der Waals surface area (Å²) in [6.45, 7) is 7.70. The summed E-state index contributed by atoms with van der Waals surface area (Å²) in [6, 6.07) is 3.75. The van der Waals surface area contributed by atoms with Crippen LogP contribution in [-0.4, -0.2) is 17.7 Å². The Bertz CT molecular complexity index is 350. The van der Waals surface area contributed by atoms with E-state index < -0.39 is 5.60 Å². The molecular formula is C10H12BNO2. The van der Waals surface area contributed by atoms with Gasteiger partial charge in [-0.2, -0.15) is 0 Å². The van der Waals surface area contributed by atoms with E-state index in [4.69, 9.17) is 9.31 Å². The van der Waals surface area contributed by atoms with Gasteiger partial charge in [0.1, 0.15) is 5.60 Å². The molecule has 0 aromatic carbocycles. The second-order valence-corrected chi connectivity index (χ2v) is 3.78. The van der Waals surface area contributed by atoms with Crippen molar-refractivity contribution >= 4 is 12.6 Å². The Balaban J connectivity index is 2.21. The highest BCUT2D eigenvalue weighted by Crippen LogP contribution is 2.28. The van der Waals surface area contributed by atoms with Crippen LogP contribution in [0, 0.1) is 0 Å². The van der Waals surface area contributed by atoms with Gasteiger partial charge in [0.25, 0.3) is 0 Å². The first-order chi connectivity index (χ1) is 6.59. The average Bonchev–Trinajstić information content (AvgIpc) is 2.43. The molecule has 72 valence electrons. The van der Waals surface area contributed by atoms with Crippen LogP contribution in [0.2, 0.25) is 0 Å². The molecule has 0 radical (unpaired) electrons. The Morgan fingerprint density at radius 2 is 2.00 bits per heavy atom. The molecule has 1 aliphatic rings. The standard InChI is InChI=1S/C10H12BNO2/c1-8-10(2,3)14-11(13-8)9-4-6-12-7-5-9/h4-7H,1H2,2-3H3. The number of hydrogen-bond acceptors (Lipinski definition) is 3. The monoisotopic (exact) mass is 189 g/mol. The third-order valence-electron chi connectivity index (χ3n) is 2.30. The van der Waals surface area contributed by atoms with Gasteiger partial charge in [0.2, 0.25) is 0 Å². The average molecular weight is 189 g/mol. The maximum Gasteiger partial charge on any atom is 0.563 e. The fourth-order valence-corrected chi connectivity index (χ4v) is 1.29. The molecule has 0 N–H and O–H groups in total. The first-order valence-electron chi connectivity index (χ1n) is 4.53. The topological polar surface area (TPSA) is 31.4 Å². The smallest absolute Gasteiger partial charge is 0.534 e. The Morgan fingerprint density at radius 1 is 1.36 bits per heavy atom. The number of hydrogen-bond donors (Lipinski definition) is 0. The van der Waals surface area contributed by atoms with Gasteiger partial charge in [-0.25, -0.2) is 0 Å².